The Labute approximate surface area is 103 Å². The molecule has 0 bridgehead atoms. The summed E-state index contributed by atoms with van der Waals surface area (Å²) >= 11 is 0. The molecular weight excluding hydrogens is 214 g/mol. The number of carbonyl (C=O) groups is 1. The maximum Gasteiger partial charge on any atom is 0.260 e. The molecule has 0 saturated carbocycles. The average Bonchev–Trinajstić information content (AvgIpc) is 2.32. The van der Waals surface area contributed by atoms with E-state index >= 15 is 0 Å². The fourth-order valence-corrected chi connectivity index (χ4v) is 1.67. The van der Waals surface area contributed by atoms with Gasteiger partial charge in [-0.15, -0.1) is 0 Å². The highest BCUT2D eigenvalue weighted by Crippen LogP contribution is 2.18. The predicted molar refractivity (Wildman–Crippen MR) is 69.3 cm³/mol. The molecule has 17 heavy (non-hydrogen) atoms. The summed E-state index contributed by atoms with van der Waals surface area (Å²) in [6, 6.07) is 6.01. The van der Waals surface area contributed by atoms with Gasteiger partial charge in [0, 0.05) is 13.1 Å². The Morgan fingerprint density at radius 2 is 1.88 bits per heavy atom. The Kier molecular flexibility index (Phi) is 5.01. The zero-order valence-electron chi connectivity index (χ0n) is 11.1. The lowest BCUT2D eigenvalue weighted by atomic mass is 10.1. The number of rotatable bonds is 5. The van der Waals surface area contributed by atoms with Crippen LogP contribution in [0.5, 0.6) is 5.75 Å². The number of hydrogen-bond acceptors (Lipinski definition) is 2. The molecule has 94 valence electrons. The van der Waals surface area contributed by atoms with Crippen molar-refractivity contribution in [2.45, 2.75) is 27.7 Å². The molecule has 3 heteroatoms. The minimum absolute atomic E-state index is 0.0379. The summed E-state index contributed by atoms with van der Waals surface area (Å²) in [6.07, 6.45) is 0. The molecule has 0 aliphatic heterocycles. The molecule has 1 amide bonds. The second kappa shape index (κ2) is 6.28. The van der Waals surface area contributed by atoms with Gasteiger partial charge in [-0.05, 0) is 44.9 Å². The van der Waals surface area contributed by atoms with Gasteiger partial charge in [-0.3, -0.25) is 4.79 Å². The fourth-order valence-electron chi connectivity index (χ4n) is 1.67. The van der Waals surface area contributed by atoms with Crippen molar-refractivity contribution in [1.29, 1.82) is 0 Å². The van der Waals surface area contributed by atoms with Crippen molar-refractivity contribution in [3.8, 4) is 5.75 Å². The minimum Gasteiger partial charge on any atom is -0.483 e. The zero-order valence-corrected chi connectivity index (χ0v) is 11.1. The zero-order chi connectivity index (χ0) is 12.8. The van der Waals surface area contributed by atoms with Crippen LogP contribution in [0.2, 0.25) is 0 Å². The SMILES string of the molecule is CCN(CC)C(=O)COc1cc(C)ccc1C. The van der Waals surface area contributed by atoms with Gasteiger partial charge in [0.2, 0.25) is 0 Å². The van der Waals surface area contributed by atoms with E-state index in [1.807, 2.05) is 45.9 Å². The molecule has 0 heterocycles. The number of ether oxygens (including phenoxy) is 1. The summed E-state index contributed by atoms with van der Waals surface area (Å²) < 4.78 is 5.57. The number of likely N-dealkylation sites (N-methyl/N-ethyl adjacent to an activating group) is 1. The van der Waals surface area contributed by atoms with Crippen LogP contribution in [0.3, 0.4) is 0 Å². The van der Waals surface area contributed by atoms with Crippen molar-refractivity contribution in [1.82, 2.24) is 4.90 Å². The van der Waals surface area contributed by atoms with E-state index in [9.17, 15) is 4.79 Å². The van der Waals surface area contributed by atoms with Crippen LogP contribution in [0.25, 0.3) is 0 Å². The van der Waals surface area contributed by atoms with Crippen molar-refractivity contribution in [3.63, 3.8) is 0 Å². The van der Waals surface area contributed by atoms with E-state index in [1.165, 1.54) is 0 Å². The quantitative estimate of drug-likeness (QED) is 0.785. The second-order valence-corrected chi connectivity index (χ2v) is 4.12. The van der Waals surface area contributed by atoms with Crippen molar-refractivity contribution in [2.24, 2.45) is 0 Å². The lowest BCUT2D eigenvalue weighted by molar-refractivity contribution is -0.132. The first-order valence-electron chi connectivity index (χ1n) is 6.06. The molecule has 0 aliphatic rings. The van der Waals surface area contributed by atoms with Gasteiger partial charge in [0.15, 0.2) is 6.61 Å². The van der Waals surface area contributed by atoms with Crippen molar-refractivity contribution in [3.05, 3.63) is 29.3 Å². The van der Waals surface area contributed by atoms with Gasteiger partial charge in [-0.25, -0.2) is 0 Å². The van der Waals surface area contributed by atoms with Crippen LogP contribution in [0, 0.1) is 13.8 Å². The smallest absolute Gasteiger partial charge is 0.260 e. The number of nitrogens with zero attached hydrogens (tertiary/aromatic N) is 1. The molecule has 0 fully saturated rings. The van der Waals surface area contributed by atoms with Crippen LogP contribution in [0.1, 0.15) is 25.0 Å². The van der Waals surface area contributed by atoms with E-state index < -0.39 is 0 Å². The number of aryl methyl sites for hydroxylation is 2. The topological polar surface area (TPSA) is 29.5 Å². The van der Waals surface area contributed by atoms with Crippen molar-refractivity contribution >= 4 is 5.91 Å². The van der Waals surface area contributed by atoms with Crippen molar-refractivity contribution < 1.29 is 9.53 Å². The third-order valence-electron chi connectivity index (χ3n) is 2.81. The molecule has 0 aliphatic carbocycles. The average molecular weight is 235 g/mol. The van der Waals surface area contributed by atoms with Crippen LogP contribution in [-0.4, -0.2) is 30.5 Å². The second-order valence-electron chi connectivity index (χ2n) is 4.12. The van der Waals surface area contributed by atoms with E-state index in [-0.39, 0.29) is 12.5 Å². The molecule has 0 saturated heterocycles. The lowest BCUT2D eigenvalue weighted by Gasteiger charge is -2.19. The normalized spacial score (nSPS) is 10.1. The molecule has 0 aromatic heterocycles. The van der Waals surface area contributed by atoms with Gasteiger partial charge >= 0.3 is 0 Å². The molecule has 1 rings (SSSR count). The largest absolute Gasteiger partial charge is 0.483 e. The predicted octanol–water partition coefficient (Wildman–Crippen LogP) is 2.55. The number of amides is 1. The maximum absolute atomic E-state index is 11.8. The maximum atomic E-state index is 11.8. The summed E-state index contributed by atoms with van der Waals surface area (Å²) in [5.41, 5.74) is 2.20. The summed E-state index contributed by atoms with van der Waals surface area (Å²) in [5.74, 6) is 0.835. The first kappa shape index (κ1) is 13.6. The van der Waals surface area contributed by atoms with Gasteiger partial charge in [-0.2, -0.15) is 0 Å². The van der Waals surface area contributed by atoms with Crippen LogP contribution >= 0.6 is 0 Å². The van der Waals surface area contributed by atoms with Gasteiger partial charge in [0.1, 0.15) is 5.75 Å². The lowest BCUT2D eigenvalue weighted by Crippen LogP contribution is -2.34. The van der Waals surface area contributed by atoms with Crippen LogP contribution in [-0.2, 0) is 4.79 Å². The van der Waals surface area contributed by atoms with E-state index in [4.69, 9.17) is 4.74 Å². The third-order valence-corrected chi connectivity index (χ3v) is 2.81. The molecule has 0 unspecified atom stereocenters. The van der Waals surface area contributed by atoms with Gasteiger partial charge in [0.25, 0.3) is 5.91 Å². The van der Waals surface area contributed by atoms with E-state index in [2.05, 4.69) is 0 Å². The van der Waals surface area contributed by atoms with Crippen LogP contribution < -0.4 is 4.74 Å². The number of hydrogen-bond donors (Lipinski definition) is 0. The Morgan fingerprint density at radius 3 is 2.47 bits per heavy atom. The van der Waals surface area contributed by atoms with Gasteiger partial charge in [-0.1, -0.05) is 12.1 Å². The highest BCUT2D eigenvalue weighted by atomic mass is 16.5. The van der Waals surface area contributed by atoms with Crippen LogP contribution in [0.4, 0.5) is 0 Å². The molecule has 0 spiro atoms. The monoisotopic (exact) mass is 235 g/mol. The molecule has 3 nitrogen and oxygen atoms in total. The summed E-state index contributed by atoms with van der Waals surface area (Å²) in [7, 11) is 0. The highest BCUT2D eigenvalue weighted by Gasteiger charge is 2.10. The van der Waals surface area contributed by atoms with E-state index in [0.29, 0.717) is 0 Å². The standard InChI is InChI=1S/C14H21NO2/c1-5-15(6-2)14(16)10-17-13-9-11(3)7-8-12(13)4/h7-9H,5-6,10H2,1-4H3. The molecule has 0 radical (unpaired) electrons. The summed E-state index contributed by atoms with van der Waals surface area (Å²) in [6.45, 7) is 9.51. The number of benzene rings is 1. The van der Waals surface area contributed by atoms with E-state index in [1.54, 1.807) is 4.90 Å². The van der Waals surface area contributed by atoms with Gasteiger partial charge in [0.05, 0.1) is 0 Å². The van der Waals surface area contributed by atoms with E-state index in [0.717, 1.165) is 30.0 Å². The fraction of sp³-hybridized carbons (Fsp3) is 0.500. The molecule has 1 aromatic rings. The molecule has 0 atom stereocenters. The third kappa shape index (κ3) is 3.77. The first-order valence-corrected chi connectivity index (χ1v) is 6.06. The minimum atomic E-state index is 0.0379. The Morgan fingerprint density at radius 1 is 1.24 bits per heavy atom. The Bertz CT molecular complexity index is 384. The summed E-state index contributed by atoms with van der Waals surface area (Å²) in [4.78, 5) is 13.5. The number of carbonyl (C=O) groups excluding carboxylic acids is 1. The Hall–Kier alpha value is -1.51. The summed E-state index contributed by atoms with van der Waals surface area (Å²) in [5, 5.41) is 0. The first-order chi connectivity index (χ1) is 8.08. The molecule has 0 N–H and O–H groups in total. The molecule has 1 aromatic carbocycles. The van der Waals surface area contributed by atoms with Crippen molar-refractivity contribution in [2.75, 3.05) is 19.7 Å². The Balaban J connectivity index is 2.61. The van der Waals surface area contributed by atoms with Gasteiger partial charge < -0.3 is 9.64 Å². The molecular formula is C14H21NO2. The van der Waals surface area contributed by atoms with Crippen LogP contribution in [0.15, 0.2) is 18.2 Å². The highest BCUT2D eigenvalue weighted by molar-refractivity contribution is 5.77.